The molecular formula is C40H28N2OS. The Labute approximate surface area is 257 Å². The van der Waals surface area contributed by atoms with Gasteiger partial charge in [0.25, 0.3) is 0 Å². The molecule has 0 N–H and O–H groups in total. The van der Waals surface area contributed by atoms with Gasteiger partial charge in [0.15, 0.2) is 5.82 Å². The maximum atomic E-state index is 6.39. The van der Waals surface area contributed by atoms with E-state index in [0.29, 0.717) is 0 Å². The predicted molar refractivity (Wildman–Crippen MR) is 185 cm³/mol. The van der Waals surface area contributed by atoms with Gasteiger partial charge in [0.1, 0.15) is 11.2 Å². The molecule has 0 fully saturated rings. The Bertz CT molecular complexity index is 2420. The quantitative estimate of drug-likeness (QED) is 0.207. The first kappa shape index (κ1) is 25.3. The van der Waals surface area contributed by atoms with E-state index in [2.05, 4.69) is 134 Å². The lowest BCUT2D eigenvalue weighted by atomic mass is 9.99. The lowest BCUT2D eigenvalue weighted by Crippen LogP contribution is -2.01. The van der Waals surface area contributed by atoms with E-state index in [1.807, 2.05) is 12.1 Å². The number of hydrogen-bond donors (Lipinski definition) is 0. The molecule has 0 unspecified atom stereocenters. The van der Waals surface area contributed by atoms with Gasteiger partial charge >= 0.3 is 0 Å². The zero-order valence-corrected chi connectivity index (χ0v) is 25.2. The first-order valence-corrected chi connectivity index (χ1v) is 17.3. The minimum atomic E-state index is -1.36. The SMILES string of the molecule is CS1(C)c2cc3ccccc3cc2-c2nc(-c3cccc(-c4cccc5c4oc4ccccc45)c3)nc(-c3ccccc3)c21. The number of furan rings is 1. The van der Waals surface area contributed by atoms with Crippen molar-refractivity contribution in [3.8, 4) is 45.0 Å². The number of aromatic nitrogens is 2. The number of hydrogen-bond acceptors (Lipinski definition) is 3. The smallest absolute Gasteiger partial charge is 0.160 e. The first-order valence-electron chi connectivity index (χ1n) is 14.8. The van der Waals surface area contributed by atoms with Gasteiger partial charge in [-0.1, -0.05) is 109 Å². The van der Waals surface area contributed by atoms with Crippen molar-refractivity contribution in [3.63, 3.8) is 0 Å². The number of nitrogens with zero attached hydrogens (tertiary/aromatic N) is 2. The number of para-hydroxylation sites is 2. The standard InChI is InChI=1S/C40H28N2OS/c1-44(2)35-24-27-15-7-6-14-26(27)23-33(35)37-39(44)36(25-12-4-3-5-13-25)41-40(42-37)29-17-10-16-28(22-29)30-19-11-20-32-31-18-8-9-21-34(31)43-38(30)32/h3-24H,1-2H3. The molecule has 0 saturated heterocycles. The fourth-order valence-electron chi connectivity index (χ4n) is 6.77. The summed E-state index contributed by atoms with van der Waals surface area (Å²) in [5, 5.41) is 4.75. The average molecular weight is 585 g/mol. The fourth-order valence-corrected chi connectivity index (χ4v) is 9.41. The summed E-state index contributed by atoms with van der Waals surface area (Å²) in [7, 11) is -1.36. The van der Waals surface area contributed by atoms with E-state index in [1.165, 1.54) is 26.1 Å². The van der Waals surface area contributed by atoms with Crippen molar-refractivity contribution in [1.29, 1.82) is 0 Å². The molecule has 0 aliphatic carbocycles. The zero-order chi connectivity index (χ0) is 29.4. The average Bonchev–Trinajstić information content (AvgIpc) is 3.56. The van der Waals surface area contributed by atoms with E-state index in [-0.39, 0.29) is 0 Å². The van der Waals surface area contributed by atoms with Crippen molar-refractivity contribution in [1.82, 2.24) is 9.97 Å². The van der Waals surface area contributed by atoms with Crippen LogP contribution in [-0.2, 0) is 0 Å². The Hall–Kier alpha value is -5.19. The molecule has 2 aromatic heterocycles. The lowest BCUT2D eigenvalue weighted by Gasteiger charge is -2.29. The van der Waals surface area contributed by atoms with Crippen LogP contribution in [0.1, 0.15) is 0 Å². The van der Waals surface area contributed by atoms with Crippen LogP contribution in [0.5, 0.6) is 0 Å². The maximum Gasteiger partial charge on any atom is 0.160 e. The summed E-state index contributed by atoms with van der Waals surface area (Å²) in [5.74, 6) is 0.734. The normalized spacial score (nSPS) is 14.1. The van der Waals surface area contributed by atoms with E-state index >= 15 is 0 Å². The molecule has 3 nitrogen and oxygen atoms in total. The third kappa shape index (κ3) is 3.71. The van der Waals surface area contributed by atoms with Crippen LogP contribution in [0.4, 0.5) is 0 Å². The van der Waals surface area contributed by atoms with Gasteiger partial charge < -0.3 is 4.42 Å². The molecule has 9 rings (SSSR count). The summed E-state index contributed by atoms with van der Waals surface area (Å²) >= 11 is 0. The highest BCUT2D eigenvalue weighted by Crippen LogP contribution is 2.69. The van der Waals surface area contributed by atoms with Crippen molar-refractivity contribution in [2.75, 3.05) is 12.5 Å². The minimum Gasteiger partial charge on any atom is -0.455 e. The molecule has 6 aromatic carbocycles. The zero-order valence-electron chi connectivity index (χ0n) is 24.4. The molecule has 3 heterocycles. The third-order valence-electron chi connectivity index (χ3n) is 8.91. The minimum absolute atomic E-state index is 0.734. The Morgan fingerprint density at radius 1 is 0.523 bits per heavy atom. The second-order valence-corrected chi connectivity index (χ2v) is 15.3. The lowest BCUT2D eigenvalue weighted by molar-refractivity contribution is 0.670. The van der Waals surface area contributed by atoms with Crippen LogP contribution in [0.3, 0.4) is 0 Å². The van der Waals surface area contributed by atoms with Gasteiger partial charge in [0.2, 0.25) is 0 Å². The van der Waals surface area contributed by atoms with Gasteiger partial charge in [-0.15, -0.1) is 0 Å². The largest absolute Gasteiger partial charge is 0.455 e. The number of fused-ring (bicyclic) bond motifs is 7. The van der Waals surface area contributed by atoms with E-state index in [0.717, 1.165) is 61.4 Å². The van der Waals surface area contributed by atoms with Crippen molar-refractivity contribution in [2.45, 2.75) is 9.79 Å². The van der Waals surface area contributed by atoms with Crippen LogP contribution in [0.2, 0.25) is 0 Å². The van der Waals surface area contributed by atoms with Gasteiger partial charge in [-0.05, 0) is 53.1 Å². The maximum absolute atomic E-state index is 6.39. The second-order valence-electron chi connectivity index (χ2n) is 11.8. The van der Waals surface area contributed by atoms with Crippen LogP contribution in [0.15, 0.2) is 148 Å². The summed E-state index contributed by atoms with van der Waals surface area (Å²) in [6.45, 7) is 0. The van der Waals surface area contributed by atoms with Crippen LogP contribution in [-0.4, -0.2) is 22.5 Å². The van der Waals surface area contributed by atoms with Gasteiger partial charge in [0, 0.05) is 42.8 Å². The van der Waals surface area contributed by atoms with E-state index in [9.17, 15) is 0 Å². The second kappa shape index (κ2) is 9.40. The van der Waals surface area contributed by atoms with E-state index < -0.39 is 10.0 Å². The molecule has 4 heteroatoms. The number of rotatable bonds is 3. The molecule has 1 aliphatic heterocycles. The Kier molecular flexibility index (Phi) is 5.41. The van der Waals surface area contributed by atoms with Gasteiger partial charge in [-0.25, -0.2) is 9.97 Å². The monoisotopic (exact) mass is 584 g/mol. The molecular weight excluding hydrogens is 557 g/mol. The summed E-state index contributed by atoms with van der Waals surface area (Å²) in [4.78, 5) is 13.4. The molecule has 210 valence electrons. The third-order valence-corrected chi connectivity index (χ3v) is 11.8. The Balaban J connectivity index is 1.28. The molecule has 0 bridgehead atoms. The molecule has 8 aromatic rings. The van der Waals surface area contributed by atoms with Gasteiger partial charge in [-0.2, -0.15) is 10.0 Å². The van der Waals surface area contributed by atoms with Crippen LogP contribution < -0.4 is 0 Å². The topological polar surface area (TPSA) is 38.9 Å². The van der Waals surface area contributed by atoms with Gasteiger partial charge in [0.05, 0.1) is 11.4 Å². The molecule has 1 aliphatic rings. The fraction of sp³-hybridized carbons (Fsp3) is 0.0500. The Morgan fingerprint density at radius 2 is 1.18 bits per heavy atom. The summed E-state index contributed by atoms with van der Waals surface area (Å²) in [6, 6.07) is 47.1. The molecule has 0 atom stereocenters. The highest BCUT2D eigenvalue weighted by atomic mass is 32.3. The molecule has 0 radical (unpaired) electrons. The molecule has 0 saturated carbocycles. The van der Waals surface area contributed by atoms with Crippen molar-refractivity contribution in [2.24, 2.45) is 0 Å². The summed E-state index contributed by atoms with van der Waals surface area (Å²) in [5.41, 5.74) is 9.35. The number of benzene rings is 6. The van der Waals surface area contributed by atoms with E-state index in [1.54, 1.807) is 0 Å². The highest BCUT2D eigenvalue weighted by Gasteiger charge is 2.37. The predicted octanol–water partition coefficient (Wildman–Crippen LogP) is 11.0. The van der Waals surface area contributed by atoms with Crippen LogP contribution >= 0.6 is 10.0 Å². The molecule has 44 heavy (non-hydrogen) atoms. The highest BCUT2D eigenvalue weighted by molar-refractivity contribution is 8.33. The summed E-state index contributed by atoms with van der Waals surface area (Å²) < 4.78 is 6.39. The van der Waals surface area contributed by atoms with Crippen molar-refractivity contribution >= 4 is 42.7 Å². The first-order chi connectivity index (χ1) is 21.6. The molecule has 0 amide bonds. The van der Waals surface area contributed by atoms with E-state index in [4.69, 9.17) is 14.4 Å². The van der Waals surface area contributed by atoms with Crippen molar-refractivity contribution < 1.29 is 4.42 Å². The molecule has 0 spiro atoms. The van der Waals surface area contributed by atoms with Crippen LogP contribution in [0.25, 0.3) is 77.7 Å². The van der Waals surface area contributed by atoms with Crippen molar-refractivity contribution in [3.05, 3.63) is 133 Å². The Morgan fingerprint density at radius 3 is 2.05 bits per heavy atom. The van der Waals surface area contributed by atoms with Crippen LogP contribution in [0, 0.1) is 0 Å². The van der Waals surface area contributed by atoms with Gasteiger partial charge in [-0.3, -0.25) is 0 Å². The summed E-state index contributed by atoms with van der Waals surface area (Å²) in [6.07, 6.45) is 4.77.